The molecule has 2 saturated heterocycles. The average Bonchev–Trinajstić information content (AvgIpc) is 2.68. The molecule has 0 aliphatic carbocycles. The van der Waals surface area contributed by atoms with Crippen molar-refractivity contribution in [3.8, 4) is 0 Å². The van der Waals surface area contributed by atoms with Crippen LogP contribution in [0.25, 0.3) is 0 Å². The first-order valence-electron chi connectivity index (χ1n) is 9.94. The third-order valence-electron chi connectivity index (χ3n) is 5.93. The van der Waals surface area contributed by atoms with Crippen LogP contribution in [-0.2, 0) is 10.0 Å². The van der Waals surface area contributed by atoms with Gasteiger partial charge in [0.15, 0.2) is 0 Å². The second-order valence-electron chi connectivity index (χ2n) is 8.02. The lowest BCUT2D eigenvalue weighted by Gasteiger charge is -2.35. The summed E-state index contributed by atoms with van der Waals surface area (Å²) in [5.74, 6) is 0.948. The lowest BCUT2D eigenvalue weighted by Crippen LogP contribution is -2.40. The molecule has 150 valence electrons. The molecule has 1 aromatic rings. The summed E-state index contributed by atoms with van der Waals surface area (Å²) in [6.07, 6.45) is 3.87. The van der Waals surface area contributed by atoms with Gasteiger partial charge in [0, 0.05) is 38.8 Å². The highest BCUT2D eigenvalue weighted by atomic mass is 32.2. The van der Waals surface area contributed by atoms with Crippen LogP contribution in [0.15, 0.2) is 23.1 Å². The molecule has 0 bridgehead atoms. The quantitative estimate of drug-likeness (QED) is 0.854. The van der Waals surface area contributed by atoms with Gasteiger partial charge in [-0.25, -0.2) is 8.42 Å². The van der Waals surface area contributed by atoms with Crippen LogP contribution in [0.5, 0.6) is 0 Å². The molecule has 2 heterocycles. The Morgan fingerprint density at radius 3 is 2.11 bits per heavy atom. The van der Waals surface area contributed by atoms with Crippen LogP contribution in [0, 0.1) is 11.8 Å². The Kier molecular flexibility index (Phi) is 6.11. The number of hydrogen-bond donors (Lipinski definition) is 1. The van der Waals surface area contributed by atoms with Crippen molar-refractivity contribution in [2.24, 2.45) is 11.8 Å². The minimum absolute atomic E-state index is 0.266. The van der Waals surface area contributed by atoms with E-state index in [0.717, 1.165) is 44.5 Å². The molecule has 1 amide bonds. The van der Waals surface area contributed by atoms with Crippen LogP contribution in [0.2, 0.25) is 0 Å². The Bertz CT molecular complexity index is 778. The number of carbonyl (C=O) groups excluding carboxylic acids is 1. The minimum atomic E-state index is -3.63. The van der Waals surface area contributed by atoms with Crippen molar-refractivity contribution in [2.75, 3.05) is 38.1 Å². The Morgan fingerprint density at radius 2 is 1.56 bits per heavy atom. The SMILES string of the molecule is CNC(=O)c1ccc(N2CCC(C)CC2)c(S(=O)(=O)N2CCC(C)CC2)c1. The molecule has 0 radical (unpaired) electrons. The van der Waals surface area contributed by atoms with Crippen molar-refractivity contribution in [1.29, 1.82) is 0 Å². The molecule has 0 atom stereocenters. The fourth-order valence-corrected chi connectivity index (χ4v) is 5.59. The van der Waals surface area contributed by atoms with E-state index in [1.54, 1.807) is 29.6 Å². The number of carbonyl (C=O) groups is 1. The summed E-state index contributed by atoms with van der Waals surface area (Å²) in [5.41, 5.74) is 1.11. The van der Waals surface area contributed by atoms with Crippen molar-refractivity contribution in [3.05, 3.63) is 23.8 Å². The predicted molar refractivity (Wildman–Crippen MR) is 108 cm³/mol. The maximum Gasteiger partial charge on any atom is 0.251 e. The monoisotopic (exact) mass is 393 g/mol. The van der Waals surface area contributed by atoms with E-state index in [9.17, 15) is 13.2 Å². The van der Waals surface area contributed by atoms with Crippen molar-refractivity contribution in [2.45, 2.75) is 44.4 Å². The minimum Gasteiger partial charge on any atom is -0.370 e. The zero-order valence-electron chi connectivity index (χ0n) is 16.6. The first kappa shape index (κ1) is 20.1. The summed E-state index contributed by atoms with van der Waals surface area (Å²) in [6.45, 7) is 7.18. The molecular weight excluding hydrogens is 362 g/mol. The third-order valence-corrected chi connectivity index (χ3v) is 7.86. The molecule has 7 heteroatoms. The van der Waals surface area contributed by atoms with Gasteiger partial charge in [0.2, 0.25) is 10.0 Å². The predicted octanol–water partition coefficient (Wildman–Crippen LogP) is 2.70. The van der Waals surface area contributed by atoms with Gasteiger partial charge in [-0.2, -0.15) is 4.31 Å². The van der Waals surface area contributed by atoms with Gasteiger partial charge in [0.05, 0.1) is 5.69 Å². The largest absolute Gasteiger partial charge is 0.370 e. The highest BCUT2D eigenvalue weighted by Gasteiger charge is 2.32. The summed E-state index contributed by atoms with van der Waals surface area (Å²) in [4.78, 5) is 14.5. The Hall–Kier alpha value is -1.60. The summed E-state index contributed by atoms with van der Waals surface area (Å²) in [5, 5.41) is 2.59. The highest BCUT2D eigenvalue weighted by Crippen LogP contribution is 2.33. The zero-order chi connectivity index (χ0) is 19.6. The molecule has 2 aliphatic rings. The zero-order valence-corrected chi connectivity index (χ0v) is 17.4. The van der Waals surface area contributed by atoms with Gasteiger partial charge in [-0.3, -0.25) is 4.79 Å². The summed E-state index contributed by atoms with van der Waals surface area (Å²) < 4.78 is 28.5. The maximum atomic E-state index is 13.5. The number of nitrogens with one attached hydrogen (secondary N) is 1. The topological polar surface area (TPSA) is 69.7 Å². The fraction of sp³-hybridized carbons (Fsp3) is 0.650. The van der Waals surface area contributed by atoms with Crippen molar-refractivity contribution in [3.63, 3.8) is 0 Å². The molecule has 0 unspecified atom stereocenters. The number of nitrogens with zero attached hydrogens (tertiary/aromatic N) is 2. The summed E-state index contributed by atoms with van der Waals surface area (Å²) in [7, 11) is -2.07. The van der Waals surface area contributed by atoms with E-state index < -0.39 is 10.0 Å². The normalized spacial score (nSPS) is 20.6. The number of sulfonamides is 1. The van der Waals surface area contributed by atoms with Gasteiger partial charge in [-0.1, -0.05) is 13.8 Å². The van der Waals surface area contributed by atoms with Crippen LogP contribution in [0.1, 0.15) is 49.9 Å². The Labute approximate surface area is 163 Å². The first-order valence-corrected chi connectivity index (χ1v) is 11.4. The first-order chi connectivity index (χ1) is 12.8. The van der Waals surface area contributed by atoms with E-state index >= 15 is 0 Å². The lowest BCUT2D eigenvalue weighted by molar-refractivity contribution is 0.0963. The Balaban J connectivity index is 2.00. The number of piperidine rings is 2. The van der Waals surface area contributed by atoms with Crippen LogP contribution in [-0.4, -0.2) is 51.9 Å². The maximum absolute atomic E-state index is 13.5. The molecule has 27 heavy (non-hydrogen) atoms. The van der Waals surface area contributed by atoms with E-state index in [2.05, 4.69) is 24.1 Å². The van der Waals surface area contributed by atoms with Gasteiger partial charge in [0.1, 0.15) is 4.90 Å². The van der Waals surface area contributed by atoms with Crippen LogP contribution in [0.3, 0.4) is 0 Å². The molecule has 0 saturated carbocycles. The molecule has 2 aliphatic heterocycles. The van der Waals surface area contributed by atoms with Gasteiger partial charge < -0.3 is 10.2 Å². The number of anilines is 1. The van der Waals surface area contributed by atoms with Gasteiger partial charge in [-0.15, -0.1) is 0 Å². The lowest BCUT2D eigenvalue weighted by atomic mass is 9.98. The molecule has 1 aromatic carbocycles. The van der Waals surface area contributed by atoms with Gasteiger partial charge in [-0.05, 0) is 55.7 Å². The fourth-order valence-electron chi connectivity index (χ4n) is 3.88. The smallest absolute Gasteiger partial charge is 0.251 e. The number of rotatable bonds is 4. The number of hydrogen-bond acceptors (Lipinski definition) is 4. The summed E-state index contributed by atoms with van der Waals surface area (Å²) >= 11 is 0. The van der Waals surface area contributed by atoms with E-state index in [1.165, 1.54) is 0 Å². The third kappa shape index (κ3) is 4.29. The molecular formula is C20H31N3O3S. The Morgan fingerprint density at radius 1 is 1.00 bits per heavy atom. The molecule has 1 N–H and O–H groups in total. The van der Waals surface area contributed by atoms with Crippen molar-refractivity contribution >= 4 is 21.6 Å². The number of amides is 1. The van der Waals surface area contributed by atoms with E-state index in [4.69, 9.17) is 0 Å². The van der Waals surface area contributed by atoms with E-state index in [0.29, 0.717) is 30.5 Å². The standard InChI is InChI=1S/C20H31N3O3S/c1-15-6-10-22(11-7-15)18-5-4-17(20(24)21-3)14-19(18)27(25,26)23-12-8-16(2)9-13-23/h4-5,14-16H,6-13H2,1-3H3,(H,21,24). The molecule has 0 spiro atoms. The second-order valence-corrected chi connectivity index (χ2v) is 9.92. The van der Waals surface area contributed by atoms with Crippen LogP contribution in [0.4, 0.5) is 5.69 Å². The van der Waals surface area contributed by atoms with Crippen molar-refractivity contribution in [1.82, 2.24) is 9.62 Å². The van der Waals surface area contributed by atoms with Crippen LogP contribution >= 0.6 is 0 Å². The van der Waals surface area contributed by atoms with Gasteiger partial charge in [0.25, 0.3) is 5.91 Å². The average molecular weight is 394 g/mol. The molecule has 2 fully saturated rings. The highest BCUT2D eigenvalue weighted by molar-refractivity contribution is 7.89. The van der Waals surface area contributed by atoms with E-state index in [1.807, 2.05) is 0 Å². The van der Waals surface area contributed by atoms with Crippen molar-refractivity contribution < 1.29 is 13.2 Å². The molecule has 3 rings (SSSR count). The van der Waals surface area contributed by atoms with E-state index in [-0.39, 0.29) is 10.8 Å². The second kappa shape index (κ2) is 8.19. The number of benzene rings is 1. The summed E-state index contributed by atoms with van der Waals surface area (Å²) in [6, 6.07) is 5.09. The molecule has 0 aromatic heterocycles. The molecule has 6 nitrogen and oxygen atoms in total. The van der Waals surface area contributed by atoms with Gasteiger partial charge >= 0.3 is 0 Å². The van der Waals surface area contributed by atoms with Crippen LogP contribution < -0.4 is 10.2 Å².